The maximum absolute atomic E-state index is 13.2. The number of carbonyl (C=O) groups excluding carboxylic acids is 1. The molecule has 0 aliphatic carbocycles. The highest BCUT2D eigenvalue weighted by Crippen LogP contribution is 2.29. The highest BCUT2D eigenvalue weighted by Gasteiger charge is 2.27. The monoisotopic (exact) mass is 545 g/mol. The smallest absolute Gasteiger partial charge is 0.410 e. The van der Waals surface area contributed by atoms with Crippen molar-refractivity contribution in [2.75, 3.05) is 11.9 Å². The summed E-state index contributed by atoms with van der Waals surface area (Å²) in [4.78, 5) is 41.3. The highest BCUT2D eigenvalue weighted by molar-refractivity contribution is 5.77. The minimum absolute atomic E-state index is 0.223. The summed E-state index contributed by atoms with van der Waals surface area (Å²) < 4.78 is 8.77. The van der Waals surface area contributed by atoms with E-state index in [1.807, 2.05) is 45.9 Å². The van der Waals surface area contributed by atoms with E-state index in [0.717, 1.165) is 16.8 Å². The van der Waals surface area contributed by atoms with E-state index in [1.54, 1.807) is 46.3 Å². The van der Waals surface area contributed by atoms with Crippen molar-refractivity contribution in [2.24, 2.45) is 0 Å². The van der Waals surface area contributed by atoms with Crippen molar-refractivity contribution < 1.29 is 14.6 Å². The fraction of sp³-hybridized carbons (Fsp3) is 0.414. The summed E-state index contributed by atoms with van der Waals surface area (Å²) >= 11 is 0. The molecule has 11 heteroatoms. The predicted molar refractivity (Wildman–Crippen MR) is 152 cm³/mol. The van der Waals surface area contributed by atoms with Crippen molar-refractivity contribution in [3.63, 3.8) is 0 Å². The first-order valence-corrected chi connectivity index (χ1v) is 13.4. The number of pyridine rings is 1. The third kappa shape index (κ3) is 5.29. The average Bonchev–Trinajstić information content (AvgIpc) is 3.18. The van der Waals surface area contributed by atoms with Crippen molar-refractivity contribution in [1.29, 1.82) is 0 Å². The Labute approximate surface area is 232 Å². The molecule has 0 radical (unpaired) electrons. The molecule has 1 aromatic carbocycles. The lowest BCUT2D eigenvalue weighted by atomic mass is 9.98. The number of carbonyl (C=O) groups is 1. The van der Waals surface area contributed by atoms with Gasteiger partial charge in [0.25, 0.3) is 5.56 Å². The summed E-state index contributed by atoms with van der Waals surface area (Å²) in [7, 11) is 0. The van der Waals surface area contributed by atoms with Gasteiger partial charge in [-0.15, -0.1) is 0 Å². The molecule has 4 heterocycles. The van der Waals surface area contributed by atoms with E-state index < -0.39 is 11.2 Å². The van der Waals surface area contributed by atoms with E-state index in [-0.39, 0.29) is 11.7 Å². The van der Waals surface area contributed by atoms with Gasteiger partial charge in [0.1, 0.15) is 16.6 Å². The van der Waals surface area contributed by atoms with Crippen molar-refractivity contribution >= 4 is 28.8 Å². The van der Waals surface area contributed by atoms with Gasteiger partial charge in [-0.3, -0.25) is 4.79 Å². The first-order valence-electron chi connectivity index (χ1n) is 13.4. The standard InChI is InChI=1S/C29H35N7O4/c1-7-35-25(37)20-16-30-26(33-24(20)36(35)23-13-9-12-22(32-23)29(5,6)39)31-21-11-8-10-18-17-34(15-14-19(18)21)27(38)40-28(2,3)4/h8-13,16,39H,7,14-15,17H2,1-6H3,(H,30,31,33). The highest BCUT2D eigenvalue weighted by atomic mass is 16.6. The van der Waals surface area contributed by atoms with Gasteiger partial charge in [0.15, 0.2) is 11.5 Å². The third-order valence-corrected chi connectivity index (χ3v) is 6.72. The van der Waals surface area contributed by atoms with Gasteiger partial charge in [0.2, 0.25) is 5.95 Å². The molecule has 11 nitrogen and oxygen atoms in total. The zero-order chi connectivity index (χ0) is 28.8. The van der Waals surface area contributed by atoms with Crippen molar-refractivity contribution in [3.05, 3.63) is 69.8 Å². The molecule has 210 valence electrons. The fourth-order valence-corrected chi connectivity index (χ4v) is 4.82. The van der Waals surface area contributed by atoms with Gasteiger partial charge in [0, 0.05) is 31.5 Å². The molecule has 0 bridgehead atoms. The van der Waals surface area contributed by atoms with Gasteiger partial charge in [-0.2, -0.15) is 4.98 Å². The van der Waals surface area contributed by atoms with Crippen LogP contribution in [0.3, 0.4) is 0 Å². The summed E-state index contributed by atoms with van der Waals surface area (Å²) in [6.07, 6.45) is 1.84. The number of rotatable bonds is 5. The normalized spacial score (nSPS) is 13.8. The van der Waals surface area contributed by atoms with Gasteiger partial charge in [-0.1, -0.05) is 18.2 Å². The maximum atomic E-state index is 13.2. The van der Waals surface area contributed by atoms with Crippen LogP contribution < -0.4 is 10.9 Å². The first-order chi connectivity index (χ1) is 18.9. The quantitative estimate of drug-likeness (QED) is 0.381. The van der Waals surface area contributed by atoms with Crippen LogP contribution in [0.1, 0.15) is 58.4 Å². The Hall–Kier alpha value is -4.25. The third-order valence-electron chi connectivity index (χ3n) is 6.72. The number of nitrogens with one attached hydrogen (secondary N) is 1. The number of ether oxygens (including phenoxy) is 1. The van der Waals surface area contributed by atoms with E-state index in [4.69, 9.17) is 9.72 Å². The minimum Gasteiger partial charge on any atom is -0.444 e. The van der Waals surface area contributed by atoms with Crippen molar-refractivity contribution in [3.8, 4) is 5.82 Å². The number of aliphatic hydroxyl groups is 1. The van der Waals surface area contributed by atoms with Crippen LogP contribution in [0.25, 0.3) is 16.9 Å². The van der Waals surface area contributed by atoms with Crippen LogP contribution in [0.4, 0.5) is 16.4 Å². The molecule has 0 spiro atoms. The molecule has 3 aromatic heterocycles. The Morgan fingerprint density at radius 2 is 1.85 bits per heavy atom. The van der Waals surface area contributed by atoms with E-state index in [2.05, 4.69) is 15.3 Å². The summed E-state index contributed by atoms with van der Waals surface area (Å²) in [5, 5.41) is 14.2. The number of nitrogens with zero attached hydrogens (tertiary/aromatic N) is 6. The SMILES string of the molecule is CCn1c(=O)c2cnc(Nc3cccc4c3CCN(C(=O)OC(C)(C)C)C4)nc2n1-c1cccc(C(C)(C)O)n1. The minimum atomic E-state index is -1.15. The molecule has 0 atom stereocenters. The second-order valence-electron chi connectivity index (χ2n) is 11.4. The van der Waals surface area contributed by atoms with Crippen LogP contribution in [-0.2, 0) is 29.8 Å². The Morgan fingerprint density at radius 1 is 1.10 bits per heavy atom. The van der Waals surface area contributed by atoms with Crippen LogP contribution >= 0.6 is 0 Å². The lowest BCUT2D eigenvalue weighted by molar-refractivity contribution is 0.0224. The van der Waals surface area contributed by atoms with Crippen LogP contribution in [0.15, 0.2) is 47.4 Å². The zero-order valence-corrected chi connectivity index (χ0v) is 23.7. The number of amides is 1. The average molecular weight is 546 g/mol. The molecule has 0 unspecified atom stereocenters. The zero-order valence-electron chi connectivity index (χ0n) is 23.7. The molecule has 0 saturated heterocycles. The number of hydrogen-bond acceptors (Lipinski definition) is 8. The molecule has 4 aromatic rings. The molecular formula is C29H35N7O4. The summed E-state index contributed by atoms with van der Waals surface area (Å²) in [6, 6.07) is 11.2. The number of benzene rings is 1. The van der Waals surface area contributed by atoms with E-state index >= 15 is 0 Å². The summed E-state index contributed by atoms with van der Waals surface area (Å²) in [5.41, 5.74) is 1.89. The molecule has 5 rings (SSSR count). The molecule has 1 amide bonds. The number of hydrogen-bond donors (Lipinski definition) is 2. The molecule has 1 aliphatic rings. The Bertz CT molecular complexity index is 1640. The second kappa shape index (κ2) is 10.1. The molecule has 2 N–H and O–H groups in total. The predicted octanol–water partition coefficient (Wildman–Crippen LogP) is 4.26. The molecule has 1 aliphatic heterocycles. The molecule has 40 heavy (non-hydrogen) atoms. The summed E-state index contributed by atoms with van der Waals surface area (Å²) in [6.45, 7) is 12.1. The van der Waals surface area contributed by atoms with Gasteiger partial charge in [-0.05, 0) is 77.3 Å². The number of aromatic nitrogens is 5. The Morgan fingerprint density at radius 3 is 2.55 bits per heavy atom. The second-order valence-corrected chi connectivity index (χ2v) is 11.4. The van der Waals surface area contributed by atoms with Gasteiger partial charge < -0.3 is 20.1 Å². The molecule has 0 fully saturated rings. The lowest BCUT2D eigenvalue weighted by Gasteiger charge is -2.32. The van der Waals surface area contributed by atoms with E-state index in [0.29, 0.717) is 54.5 Å². The van der Waals surface area contributed by atoms with Crippen LogP contribution in [0.2, 0.25) is 0 Å². The van der Waals surface area contributed by atoms with E-state index in [9.17, 15) is 14.7 Å². The Kier molecular flexibility index (Phi) is 6.87. The maximum Gasteiger partial charge on any atom is 0.410 e. The largest absolute Gasteiger partial charge is 0.444 e. The van der Waals surface area contributed by atoms with Crippen molar-refractivity contribution in [2.45, 2.75) is 72.3 Å². The van der Waals surface area contributed by atoms with Gasteiger partial charge >= 0.3 is 6.09 Å². The van der Waals surface area contributed by atoms with Crippen LogP contribution in [0.5, 0.6) is 0 Å². The van der Waals surface area contributed by atoms with Crippen LogP contribution in [0, 0.1) is 0 Å². The van der Waals surface area contributed by atoms with Crippen molar-refractivity contribution in [1.82, 2.24) is 29.2 Å². The molecule has 0 saturated carbocycles. The van der Waals surface area contributed by atoms with E-state index in [1.165, 1.54) is 6.20 Å². The lowest BCUT2D eigenvalue weighted by Crippen LogP contribution is -2.40. The Balaban J connectivity index is 1.50. The first kappa shape index (κ1) is 27.3. The topological polar surface area (TPSA) is 127 Å². The summed E-state index contributed by atoms with van der Waals surface area (Å²) in [5.74, 6) is 0.800. The molecular weight excluding hydrogens is 510 g/mol. The van der Waals surface area contributed by atoms with Gasteiger partial charge in [-0.25, -0.2) is 24.1 Å². The number of anilines is 2. The van der Waals surface area contributed by atoms with Crippen LogP contribution in [-0.4, -0.2) is 52.6 Å². The number of fused-ring (bicyclic) bond motifs is 2. The van der Waals surface area contributed by atoms with Gasteiger partial charge in [0.05, 0.1) is 5.69 Å². The fourth-order valence-electron chi connectivity index (χ4n) is 4.82.